The van der Waals surface area contributed by atoms with Gasteiger partial charge >= 0.3 is 0 Å². The molecule has 0 radical (unpaired) electrons. The van der Waals surface area contributed by atoms with E-state index in [-0.39, 0.29) is 0 Å². The van der Waals surface area contributed by atoms with E-state index in [0.717, 1.165) is 17.2 Å². The van der Waals surface area contributed by atoms with Gasteiger partial charge in [0.05, 0.1) is 13.2 Å². The number of hydrogen-bond donors (Lipinski definition) is 1. The Balaban J connectivity index is 2.44. The molecule has 5 heteroatoms. The lowest BCUT2D eigenvalue weighted by molar-refractivity contribution is 0.186. The van der Waals surface area contributed by atoms with Gasteiger partial charge < -0.3 is 15.0 Å². The minimum atomic E-state index is 0.378. The third-order valence-electron chi connectivity index (χ3n) is 2.91. The van der Waals surface area contributed by atoms with Crippen molar-refractivity contribution >= 4 is 0 Å². The van der Waals surface area contributed by atoms with E-state index >= 15 is 0 Å². The van der Waals surface area contributed by atoms with Crippen molar-refractivity contribution in [1.82, 2.24) is 14.8 Å². The Morgan fingerprint density at radius 1 is 1.28 bits per heavy atom. The van der Waals surface area contributed by atoms with Crippen molar-refractivity contribution in [2.75, 3.05) is 13.7 Å². The molecule has 0 unspecified atom stereocenters. The highest BCUT2D eigenvalue weighted by molar-refractivity contribution is 5.60. The summed E-state index contributed by atoms with van der Waals surface area (Å²) in [7, 11) is 1.68. The lowest BCUT2D eigenvalue weighted by Gasteiger charge is -2.10. The van der Waals surface area contributed by atoms with E-state index in [1.165, 1.54) is 5.56 Å². The minimum Gasteiger partial charge on any atom is -0.383 e. The van der Waals surface area contributed by atoms with Crippen LogP contribution in [0.25, 0.3) is 11.4 Å². The summed E-state index contributed by atoms with van der Waals surface area (Å²) in [5, 5.41) is 8.39. The molecule has 2 aromatic rings. The number of ether oxygens (including phenoxy) is 1. The topological polar surface area (TPSA) is 66.0 Å². The maximum absolute atomic E-state index is 5.69. The molecule has 2 rings (SSSR count). The first kappa shape index (κ1) is 12.7. The maximum atomic E-state index is 5.69. The number of aromatic nitrogens is 3. The van der Waals surface area contributed by atoms with Crippen LogP contribution in [0.1, 0.15) is 11.4 Å². The van der Waals surface area contributed by atoms with Gasteiger partial charge in [0.15, 0.2) is 5.82 Å². The van der Waals surface area contributed by atoms with Gasteiger partial charge in [-0.15, -0.1) is 10.2 Å². The summed E-state index contributed by atoms with van der Waals surface area (Å²) in [5.74, 6) is 1.64. The molecule has 96 valence electrons. The molecule has 1 aromatic carbocycles. The van der Waals surface area contributed by atoms with Crippen LogP contribution in [0.4, 0.5) is 0 Å². The molecule has 0 bridgehead atoms. The van der Waals surface area contributed by atoms with E-state index in [4.69, 9.17) is 10.5 Å². The van der Waals surface area contributed by atoms with Crippen molar-refractivity contribution < 1.29 is 4.74 Å². The van der Waals surface area contributed by atoms with E-state index in [1.54, 1.807) is 7.11 Å². The van der Waals surface area contributed by atoms with Gasteiger partial charge in [-0.3, -0.25) is 0 Å². The van der Waals surface area contributed by atoms with Crippen molar-refractivity contribution in [3.05, 3.63) is 35.7 Å². The van der Waals surface area contributed by atoms with Crippen molar-refractivity contribution in [2.45, 2.75) is 20.0 Å². The lowest BCUT2D eigenvalue weighted by Crippen LogP contribution is -2.13. The number of rotatable bonds is 5. The first-order valence-corrected chi connectivity index (χ1v) is 5.95. The van der Waals surface area contributed by atoms with E-state index < -0.39 is 0 Å². The fourth-order valence-electron chi connectivity index (χ4n) is 1.93. The normalized spacial score (nSPS) is 10.8. The van der Waals surface area contributed by atoms with Crippen molar-refractivity contribution in [1.29, 1.82) is 0 Å². The first-order valence-electron chi connectivity index (χ1n) is 5.95. The number of nitrogens with zero attached hydrogens (tertiary/aromatic N) is 3. The third kappa shape index (κ3) is 2.42. The van der Waals surface area contributed by atoms with E-state index in [2.05, 4.69) is 23.2 Å². The Bertz CT molecular complexity index is 521. The molecule has 1 heterocycles. The second-order valence-corrected chi connectivity index (χ2v) is 4.10. The second-order valence-electron chi connectivity index (χ2n) is 4.10. The lowest BCUT2D eigenvalue weighted by atomic mass is 10.1. The van der Waals surface area contributed by atoms with Crippen LogP contribution in [0.15, 0.2) is 24.3 Å². The summed E-state index contributed by atoms with van der Waals surface area (Å²) >= 11 is 0. The fraction of sp³-hybridized carbons (Fsp3) is 0.385. The predicted octanol–water partition coefficient (Wildman–Crippen LogP) is 1.36. The quantitative estimate of drug-likeness (QED) is 0.865. The average Bonchev–Trinajstić information content (AvgIpc) is 2.79. The van der Waals surface area contributed by atoms with Crippen LogP contribution < -0.4 is 5.73 Å². The highest BCUT2D eigenvalue weighted by Gasteiger charge is 2.13. The Labute approximate surface area is 107 Å². The monoisotopic (exact) mass is 246 g/mol. The summed E-state index contributed by atoms with van der Waals surface area (Å²) in [6, 6.07) is 8.12. The van der Waals surface area contributed by atoms with E-state index in [0.29, 0.717) is 19.7 Å². The zero-order chi connectivity index (χ0) is 13.0. The Morgan fingerprint density at radius 2 is 2.06 bits per heavy atom. The molecule has 5 nitrogen and oxygen atoms in total. The van der Waals surface area contributed by atoms with Crippen molar-refractivity contribution in [2.24, 2.45) is 5.73 Å². The zero-order valence-electron chi connectivity index (χ0n) is 10.8. The largest absolute Gasteiger partial charge is 0.383 e. The molecule has 0 spiro atoms. The van der Waals surface area contributed by atoms with Gasteiger partial charge in [-0.1, -0.05) is 24.3 Å². The average molecular weight is 246 g/mol. The number of benzene rings is 1. The molecule has 0 aliphatic carbocycles. The van der Waals surface area contributed by atoms with E-state index in [1.807, 2.05) is 22.8 Å². The standard InChI is InChI=1S/C13H18N4O/c1-10-5-3-4-6-11(10)13-16-15-12(9-14)17(13)7-8-18-2/h3-6H,7-9,14H2,1-2H3. The van der Waals surface area contributed by atoms with Gasteiger partial charge in [-0.2, -0.15) is 0 Å². The Morgan fingerprint density at radius 3 is 2.72 bits per heavy atom. The molecule has 0 fully saturated rings. The van der Waals surface area contributed by atoms with Gasteiger partial charge in [0.2, 0.25) is 0 Å². The summed E-state index contributed by atoms with van der Waals surface area (Å²) < 4.78 is 7.14. The smallest absolute Gasteiger partial charge is 0.164 e. The van der Waals surface area contributed by atoms with Crippen molar-refractivity contribution in [3.8, 4) is 11.4 Å². The predicted molar refractivity (Wildman–Crippen MR) is 70.0 cm³/mol. The van der Waals surface area contributed by atoms with Crippen LogP contribution in [-0.2, 0) is 17.8 Å². The highest BCUT2D eigenvalue weighted by atomic mass is 16.5. The van der Waals surface area contributed by atoms with Gasteiger partial charge in [-0.05, 0) is 12.5 Å². The molecule has 0 atom stereocenters. The molecule has 2 N–H and O–H groups in total. The fourth-order valence-corrected chi connectivity index (χ4v) is 1.93. The molecule has 0 saturated carbocycles. The number of methoxy groups -OCH3 is 1. The van der Waals surface area contributed by atoms with Crippen LogP contribution in [-0.4, -0.2) is 28.5 Å². The van der Waals surface area contributed by atoms with Gasteiger partial charge in [0, 0.05) is 19.2 Å². The van der Waals surface area contributed by atoms with Crippen LogP contribution in [0.2, 0.25) is 0 Å². The Kier molecular flexibility index (Phi) is 4.07. The molecule has 0 aliphatic heterocycles. The number of nitrogens with two attached hydrogens (primary N) is 1. The Hall–Kier alpha value is -1.72. The van der Waals surface area contributed by atoms with E-state index in [9.17, 15) is 0 Å². The zero-order valence-corrected chi connectivity index (χ0v) is 10.8. The molecule has 18 heavy (non-hydrogen) atoms. The van der Waals surface area contributed by atoms with Crippen molar-refractivity contribution in [3.63, 3.8) is 0 Å². The van der Waals surface area contributed by atoms with Gasteiger partial charge in [-0.25, -0.2) is 0 Å². The summed E-state index contributed by atoms with van der Waals surface area (Å²) in [4.78, 5) is 0. The van der Waals surface area contributed by atoms with Crippen LogP contribution in [0.3, 0.4) is 0 Å². The SMILES string of the molecule is COCCn1c(CN)nnc1-c1ccccc1C. The molecular weight excluding hydrogens is 228 g/mol. The maximum Gasteiger partial charge on any atom is 0.164 e. The second kappa shape index (κ2) is 5.75. The summed E-state index contributed by atoms with van der Waals surface area (Å²) in [6.07, 6.45) is 0. The molecule has 0 aliphatic rings. The molecular formula is C13H18N4O. The summed E-state index contributed by atoms with van der Waals surface area (Å²) in [6.45, 7) is 3.76. The van der Waals surface area contributed by atoms with Crippen LogP contribution in [0.5, 0.6) is 0 Å². The van der Waals surface area contributed by atoms with Crippen LogP contribution in [0, 0.1) is 6.92 Å². The van der Waals surface area contributed by atoms with Gasteiger partial charge in [0.1, 0.15) is 5.82 Å². The number of aryl methyl sites for hydroxylation is 1. The molecule has 0 amide bonds. The highest BCUT2D eigenvalue weighted by Crippen LogP contribution is 2.21. The summed E-state index contributed by atoms with van der Waals surface area (Å²) in [5.41, 5.74) is 7.95. The third-order valence-corrected chi connectivity index (χ3v) is 2.91. The number of hydrogen-bond acceptors (Lipinski definition) is 4. The molecule has 0 saturated heterocycles. The minimum absolute atomic E-state index is 0.378. The first-order chi connectivity index (χ1) is 8.77. The van der Waals surface area contributed by atoms with Gasteiger partial charge in [0.25, 0.3) is 0 Å². The van der Waals surface area contributed by atoms with Crippen LogP contribution >= 0.6 is 0 Å². The molecule has 1 aromatic heterocycles.